The van der Waals surface area contributed by atoms with Gasteiger partial charge in [-0.1, -0.05) is 12.5 Å². The second kappa shape index (κ2) is 7.30. The lowest BCUT2D eigenvalue weighted by atomic mass is 9.90. The first-order chi connectivity index (χ1) is 9.67. The van der Waals surface area contributed by atoms with Gasteiger partial charge in [0.15, 0.2) is 0 Å². The Bertz CT molecular complexity index is 373. The fraction of sp³-hybridized carbons (Fsp3) is 0.824. The van der Waals surface area contributed by atoms with Crippen LogP contribution in [0.4, 0.5) is 4.79 Å². The lowest BCUT2D eigenvalue weighted by Gasteiger charge is -2.42. The molecule has 1 unspecified atom stereocenters. The van der Waals surface area contributed by atoms with Crippen molar-refractivity contribution in [1.29, 1.82) is 0 Å². The summed E-state index contributed by atoms with van der Waals surface area (Å²) in [6.07, 6.45) is 3.50. The van der Waals surface area contributed by atoms with Gasteiger partial charge in [-0.25, -0.2) is 4.79 Å². The van der Waals surface area contributed by atoms with Gasteiger partial charge in [-0.2, -0.15) is 0 Å². The summed E-state index contributed by atoms with van der Waals surface area (Å²) in [4.78, 5) is 14.0. The molecule has 1 atom stereocenters. The van der Waals surface area contributed by atoms with E-state index < -0.39 is 5.60 Å². The first-order valence-corrected chi connectivity index (χ1v) is 7.94. The van der Waals surface area contributed by atoms with Crippen LogP contribution in [0, 0.1) is 0 Å². The molecule has 1 amide bonds. The Morgan fingerprint density at radius 1 is 1.38 bits per heavy atom. The number of carbonyl (C=O) groups excluding carboxylic acids is 1. The van der Waals surface area contributed by atoms with E-state index in [0.29, 0.717) is 13.2 Å². The van der Waals surface area contributed by atoms with Crippen molar-refractivity contribution in [1.82, 2.24) is 4.90 Å². The van der Waals surface area contributed by atoms with Crippen LogP contribution in [0.15, 0.2) is 12.2 Å². The summed E-state index contributed by atoms with van der Waals surface area (Å²) >= 11 is 0. The average molecular weight is 297 g/mol. The molecule has 0 aromatic carbocycles. The summed E-state index contributed by atoms with van der Waals surface area (Å²) in [5.41, 5.74) is 0.440. The summed E-state index contributed by atoms with van der Waals surface area (Å²) in [5, 5.41) is 0. The van der Waals surface area contributed by atoms with Crippen molar-refractivity contribution in [3.63, 3.8) is 0 Å². The lowest BCUT2D eigenvalue weighted by molar-refractivity contribution is -0.0922. The van der Waals surface area contributed by atoms with Crippen LogP contribution in [0.25, 0.3) is 0 Å². The summed E-state index contributed by atoms with van der Waals surface area (Å²) in [6.45, 7) is 15.8. The normalized spacial score (nSPS) is 23.0. The molecule has 1 fully saturated rings. The van der Waals surface area contributed by atoms with E-state index in [9.17, 15) is 4.79 Å². The van der Waals surface area contributed by atoms with Gasteiger partial charge in [-0.15, -0.1) is 6.58 Å². The molecule has 21 heavy (non-hydrogen) atoms. The zero-order valence-corrected chi connectivity index (χ0v) is 14.3. The minimum atomic E-state index is -0.454. The molecular weight excluding hydrogens is 266 g/mol. The highest BCUT2D eigenvalue weighted by molar-refractivity contribution is 5.68. The number of carbonyl (C=O) groups is 1. The largest absolute Gasteiger partial charge is 0.444 e. The predicted octanol–water partition coefficient (Wildman–Crippen LogP) is 4.15. The molecule has 0 aliphatic carbocycles. The Labute approximate surface area is 129 Å². The molecule has 1 aliphatic heterocycles. The van der Waals surface area contributed by atoms with Crippen LogP contribution in [0.1, 0.15) is 60.3 Å². The molecular formula is C17H31NO3. The molecule has 1 saturated heterocycles. The van der Waals surface area contributed by atoms with E-state index in [0.717, 1.165) is 37.8 Å². The third kappa shape index (κ3) is 6.08. The monoisotopic (exact) mass is 297 g/mol. The second-order valence-corrected chi connectivity index (χ2v) is 7.10. The summed E-state index contributed by atoms with van der Waals surface area (Å²) < 4.78 is 11.6. The minimum absolute atomic E-state index is 0.232. The number of ether oxygens (including phenoxy) is 2. The number of piperidine rings is 1. The molecule has 0 saturated carbocycles. The Balaban J connectivity index is 2.62. The molecule has 0 radical (unpaired) electrons. The van der Waals surface area contributed by atoms with E-state index in [-0.39, 0.29) is 11.7 Å². The fourth-order valence-electron chi connectivity index (χ4n) is 2.53. The van der Waals surface area contributed by atoms with Gasteiger partial charge in [0, 0.05) is 6.54 Å². The van der Waals surface area contributed by atoms with Gasteiger partial charge in [-0.3, -0.25) is 0 Å². The Hall–Kier alpha value is -1.03. The molecule has 0 aromatic heterocycles. The minimum Gasteiger partial charge on any atom is -0.444 e. The molecule has 122 valence electrons. The van der Waals surface area contributed by atoms with Crippen molar-refractivity contribution < 1.29 is 14.3 Å². The predicted molar refractivity (Wildman–Crippen MR) is 85.4 cm³/mol. The Morgan fingerprint density at radius 2 is 2.05 bits per heavy atom. The van der Waals surface area contributed by atoms with Crippen LogP contribution in [0.2, 0.25) is 0 Å². The zero-order valence-electron chi connectivity index (χ0n) is 14.3. The number of hydrogen-bond donors (Lipinski definition) is 0. The zero-order chi connectivity index (χ0) is 16.1. The number of likely N-dealkylation sites (tertiary alicyclic amines) is 1. The van der Waals surface area contributed by atoms with E-state index in [1.807, 2.05) is 27.7 Å². The molecule has 4 nitrogen and oxygen atoms in total. The van der Waals surface area contributed by atoms with Crippen molar-refractivity contribution >= 4 is 6.09 Å². The van der Waals surface area contributed by atoms with Gasteiger partial charge in [-0.05, 0) is 53.4 Å². The van der Waals surface area contributed by atoms with Crippen LogP contribution < -0.4 is 0 Å². The molecule has 0 aromatic rings. The van der Waals surface area contributed by atoms with E-state index in [1.54, 1.807) is 4.90 Å². The van der Waals surface area contributed by atoms with Crippen molar-refractivity contribution in [2.75, 3.05) is 19.7 Å². The molecule has 1 heterocycles. The maximum atomic E-state index is 12.2. The van der Waals surface area contributed by atoms with E-state index in [2.05, 4.69) is 13.5 Å². The molecule has 4 heteroatoms. The average Bonchev–Trinajstić information content (AvgIpc) is 2.36. The highest BCUT2D eigenvalue weighted by atomic mass is 16.6. The van der Waals surface area contributed by atoms with Crippen LogP contribution in [-0.4, -0.2) is 41.9 Å². The van der Waals surface area contributed by atoms with Gasteiger partial charge >= 0.3 is 6.09 Å². The highest BCUT2D eigenvalue weighted by Gasteiger charge is 2.37. The number of hydrogen-bond acceptors (Lipinski definition) is 3. The topological polar surface area (TPSA) is 38.8 Å². The van der Waals surface area contributed by atoms with Crippen LogP contribution in [0.5, 0.6) is 0 Å². The Kier molecular flexibility index (Phi) is 6.26. The number of nitrogens with zero attached hydrogens (tertiary/aromatic N) is 1. The standard InChI is InChI=1S/C17H31NO3/c1-7-17(20-12-9-14(2)3)10-8-11-18(13-17)15(19)21-16(4,5)6/h2,7-13H2,1,3-6H3. The lowest BCUT2D eigenvalue weighted by Crippen LogP contribution is -2.52. The Morgan fingerprint density at radius 3 is 2.57 bits per heavy atom. The molecule has 0 spiro atoms. The highest BCUT2D eigenvalue weighted by Crippen LogP contribution is 2.29. The van der Waals surface area contributed by atoms with Crippen molar-refractivity contribution in [2.45, 2.75) is 71.5 Å². The van der Waals surface area contributed by atoms with Crippen molar-refractivity contribution in [3.05, 3.63) is 12.2 Å². The SMILES string of the molecule is C=C(C)CCOC1(CC)CCCN(C(=O)OC(C)(C)C)C1. The first-order valence-electron chi connectivity index (χ1n) is 7.94. The summed E-state index contributed by atoms with van der Waals surface area (Å²) in [5.74, 6) is 0. The molecule has 1 rings (SSSR count). The molecule has 1 aliphatic rings. The fourth-order valence-corrected chi connectivity index (χ4v) is 2.53. The smallest absolute Gasteiger partial charge is 0.410 e. The van der Waals surface area contributed by atoms with Crippen LogP contribution in [0.3, 0.4) is 0 Å². The van der Waals surface area contributed by atoms with E-state index in [1.165, 1.54) is 0 Å². The van der Waals surface area contributed by atoms with Gasteiger partial charge in [0.2, 0.25) is 0 Å². The van der Waals surface area contributed by atoms with E-state index in [4.69, 9.17) is 9.47 Å². The van der Waals surface area contributed by atoms with Crippen LogP contribution >= 0.6 is 0 Å². The summed E-state index contributed by atoms with van der Waals surface area (Å²) in [6, 6.07) is 0. The van der Waals surface area contributed by atoms with Gasteiger partial charge < -0.3 is 14.4 Å². The summed E-state index contributed by atoms with van der Waals surface area (Å²) in [7, 11) is 0. The third-order valence-corrected chi connectivity index (χ3v) is 3.77. The number of rotatable bonds is 5. The maximum absolute atomic E-state index is 12.2. The first kappa shape index (κ1) is 18.0. The van der Waals surface area contributed by atoms with Gasteiger partial charge in [0.25, 0.3) is 0 Å². The second-order valence-electron chi connectivity index (χ2n) is 7.10. The van der Waals surface area contributed by atoms with E-state index >= 15 is 0 Å². The van der Waals surface area contributed by atoms with Gasteiger partial charge in [0.05, 0.1) is 18.8 Å². The number of amides is 1. The quantitative estimate of drug-likeness (QED) is 0.716. The van der Waals surface area contributed by atoms with Crippen LogP contribution in [-0.2, 0) is 9.47 Å². The van der Waals surface area contributed by atoms with Gasteiger partial charge in [0.1, 0.15) is 5.60 Å². The maximum Gasteiger partial charge on any atom is 0.410 e. The molecule has 0 bridgehead atoms. The van der Waals surface area contributed by atoms with Crippen molar-refractivity contribution in [2.24, 2.45) is 0 Å². The molecule has 0 N–H and O–H groups in total. The third-order valence-electron chi connectivity index (χ3n) is 3.77. The van der Waals surface area contributed by atoms with Crippen molar-refractivity contribution in [3.8, 4) is 0 Å².